The molecule has 0 aliphatic heterocycles. The van der Waals surface area contributed by atoms with E-state index in [1.165, 1.54) is 45.2 Å². The minimum Gasteiger partial charge on any atom is -0.320 e. The zero-order valence-corrected chi connectivity index (χ0v) is 9.10. The minimum absolute atomic E-state index is 1.01. The van der Waals surface area contributed by atoms with Crippen LogP contribution in [0, 0.1) is 11.8 Å². The zero-order chi connectivity index (χ0) is 9.52. The lowest BCUT2D eigenvalue weighted by atomic mass is 9.99. The van der Waals surface area contributed by atoms with Crippen molar-refractivity contribution < 1.29 is 0 Å². The van der Waals surface area contributed by atoms with Gasteiger partial charge in [-0.15, -0.1) is 0 Å². The second-order valence-corrected chi connectivity index (χ2v) is 4.33. The van der Waals surface area contributed by atoms with Crippen LogP contribution in [0.15, 0.2) is 0 Å². The van der Waals surface area contributed by atoms with Crippen molar-refractivity contribution in [2.45, 2.75) is 32.1 Å². The second kappa shape index (κ2) is 6.39. The molecule has 1 aliphatic carbocycles. The number of hydrogen-bond acceptors (Lipinski definition) is 2. The molecule has 0 spiro atoms. The third-order valence-corrected chi connectivity index (χ3v) is 3.26. The van der Waals surface area contributed by atoms with Crippen LogP contribution in [-0.2, 0) is 0 Å². The van der Waals surface area contributed by atoms with Gasteiger partial charge >= 0.3 is 0 Å². The van der Waals surface area contributed by atoms with Gasteiger partial charge in [-0.05, 0) is 58.3 Å². The normalized spacial score (nSPS) is 28.2. The SMILES string of the molecule is CNCCC1CCC(CCNC)C1. The van der Waals surface area contributed by atoms with Crippen molar-refractivity contribution >= 4 is 0 Å². The summed E-state index contributed by atoms with van der Waals surface area (Å²) in [6, 6.07) is 0. The van der Waals surface area contributed by atoms with E-state index in [-0.39, 0.29) is 0 Å². The Labute approximate surface area is 82.5 Å². The summed E-state index contributed by atoms with van der Waals surface area (Å²) in [5, 5.41) is 6.48. The Morgan fingerprint density at radius 1 is 0.923 bits per heavy atom. The van der Waals surface area contributed by atoms with Crippen LogP contribution in [-0.4, -0.2) is 27.2 Å². The average molecular weight is 184 g/mol. The van der Waals surface area contributed by atoms with Crippen LogP contribution in [0.3, 0.4) is 0 Å². The largest absolute Gasteiger partial charge is 0.320 e. The topological polar surface area (TPSA) is 24.1 Å². The van der Waals surface area contributed by atoms with Crippen LogP contribution < -0.4 is 10.6 Å². The third-order valence-electron chi connectivity index (χ3n) is 3.26. The van der Waals surface area contributed by atoms with Crippen LogP contribution in [0.2, 0.25) is 0 Å². The molecule has 2 nitrogen and oxygen atoms in total. The molecule has 0 radical (unpaired) electrons. The predicted octanol–water partition coefficient (Wildman–Crippen LogP) is 1.62. The summed E-state index contributed by atoms with van der Waals surface area (Å²) in [7, 11) is 4.10. The van der Waals surface area contributed by atoms with Gasteiger partial charge < -0.3 is 10.6 Å². The molecule has 1 fully saturated rings. The van der Waals surface area contributed by atoms with E-state index in [2.05, 4.69) is 10.6 Å². The molecular formula is C11H24N2. The van der Waals surface area contributed by atoms with Gasteiger partial charge in [0, 0.05) is 0 Å². The summed E-state index contributed by atoms with van der Waals surface area (Å²) in [4.78, 5) is 0. The van der Waals surface area contributed by atoms with Crippen molar-refractivity contribution in [1.29, 1.82) is 0 Å². The Kier molecular flexibility index (Phi) is 5.40. The second-order valence-electron chi connectivity index (χ2n) is 4.33. The van der Waals surface area contributed by atoms with Crippen LogP contribution in [0.1, 0.15) is 32.1 Å². The highest BCUT2D eigenvalue weighted by Crippen LogP contribution is 2.34. The first kappa shape index (κ1) is 11.0. The van der Waals surface area contributed by atoms with Gasteiger partial charge in [-0.25, -0.2) is 0 Å². The van der Waals surface area contributed by atoms with Crippen molar-refractivity contribution in [2.75, 3.05) is 27.2 Å². The lowest BCUT2D eigenvalue weighted by Crippen LogP contribution is -2.13. The summed E-state index contributed by atoms with van der Waals surface area (Å²) in [6.45, 7) is 2.40. The first-order valence-corrected chi connectivity index (χ1v) is 5.66. The van der Waals surface area contributed by atoms with E-state index < -0.39 is 0 Å². The Bertz CT molecular complexity index is 111. The molecule has 0 amide bonds. The highest BCUT2D eigenvalue weighted by molar-refractivity contribution is 4.76. The molecule has 1 aliphatic rings. The van der Waals surface area contributed by atoms with Gasteiger partial charge in [0.25, 0.3) is 0 Å². The lowest BCUT2D eigenvalue weighted by molar-refractivity contribution is 0.437. The molecule has 2 heteroatoms. The average Bonchev–Trinajstić information content (AvgIpc) is 2.59. The first-order valence-electron chi connectivity index (χ1n) is 5.66. The Hall–Kier alpha value is -0.0800. The molecule has 0 aromatic rings. The van der Waals surface area contributed by atoms with E-state index >= 15 is 0 Å². The Balaban J connectivity index is 2.05. The molecule has 2 atom stereocenters. The fraction of sp³-hybridized carbons (Fsp3) is 1.00. The monoisotopic (exact) mass is 184 g/mol. The van der Waals surface area contributed by atoms with Gasteiger partial charge in [0.2, 0.25) is 0 Å². The third kappa shape index (κ3) is 4.10. The van der Waals surface area contributed by atoms with Gasteiger partial charge in [0.15, 0.2) is 0 Å². The molecule has 0 saturated heterocycles. The summed E-state index contributed by atoms with van der Waals surface area (Å²) < 4.78 is 0. The molecule has 0 aromatic carbocycles. The van der Waals surface area contributed by atoms with Crippen molar-refractivity contribution in [3.05, 3.63) is 0 Å². The van der Waals surface area contributed by atoms with Crippen LogP contribution in [0.25, 0.3) is 0 Å². The smallest absolute Gasteiger partial charge is 0.00493 e. The molecule has 0 aromatic heterocycles. The van der Waals surface area contributed by atoms with Gasteiger partial charge in [-0.3, -0.25) is 0 Å². The lowest BCUT2D eigenvalue weighted by Gasteiger charge is -2.10. The fourth-order valence-corrected chi connectivity index (χ4v) is 2.40. The summed E-state index contributed by atoms with van der Waals surface area (Å²) in [6.07, 6.45) is 7.18. The van der Waals surface area contributed by atoms with Crippen molar-refractivity contribution in [1.82, 2.24) is 10.6 Å². The molecule has 13 heavy (non-hydrogen) atoms. The summed E-state index contributed by atoms with van der Waals surface area (Å²) in [5.74, 6) is 2.02. The van der Waals surface area contributed by atoms with Crippen LogP contribution >= 0.6 is 0 Å². The van der Waals surface area contributed by atoms with E-state index in [1.807, 2.05) is 14.1 Å². The number of hydrogen-bond donors (Lipinski definition) is 2. The van der Waals surface area contributed by atoms with Crippen molar-refractivity contribution in [3.63, 3.8) is 0 Å². The summed E-state index contributed by atoms with van der Waals surface area (Å²) >= 11 is 0. The Morgan fingerprint density at radius 2 is 1.38 bits per heavy atom. The minimum atomic E-state index is 1.01. The van der Waals surface area contributed by atoms with Crippen molar-refractivity contribution in [2.24, 2.45) is 11.8 Å². The van der Waals surface area contributed by atoms with Gasteiger partial charge in [0.1, 0.15) is 0 Å². The van der Waals surface area contributed by atoms with E-state index in [0.717, 1.165) is 11.8 Å². The van der Waals surface area contributed by atoms with Gasteiger partial charge in [-0.1, -0.05) is 12.8 Å². The quantitative estimate of drug-likeness (QED) is 0.655. The molecule has 2 unspecified atom stereocenters. The van der Waals surface area contributed by atoms with Crippen LogP contribution in [0.5, 0.6) is 0 Å². The number of nitrogens with one attached hydrogen (secondary N) is 2. The Morgan fingerprint density at radius 3 is 1.77 bits per heavy atom. The maximum Gasteiger partial charge on any atom is -0.00493 e. The molecule has 0 heterocycles. The first-order chi connectivity index (χ1) is 6.36. The molecule has 78 valence electrons. The van der Waals surface area contributed by atoms with E-state index in [4.69, 9.17) is 0 Å². The maximum atomic E-state index is 3.24. The predicted molar refractivity (Wildman–Crippen MR) is 57.9 cm³/mol. The molecule has 2 N–H and O–H groups in total. The standard InChI is InChI=1S/C11H24N2/c1-12-7-5-10-3-4-11(9-10)6-8-13-2/h10-13H,3-9H2,1-2H3. The fourth-order valence-electron chi connectivity index (χ4n) is 2.40. The molecule has 1 saturated carbocycles. The van der Waals surface area contributed by atoms with Crippen molar-refractivity contribution in [3.8, 4) is 0 Å². The molecule has 0 bridgehead atoms. The van der Waals surface area contributed by atoms with E-state index in [1.54, 1.807) is 0 Å². The zero-order valence-electron chi connectivity index (χ0n) is 9.10. The van der Waals surface area contributed by atoms with E-state index in [0.29, 0.717) is 0 Å². The molecule has 1 rings (SSSR count). The summed E-state index contributed by atoms with van der Waals surface area (Å²) in [5.41, 5.74) is 0. The van der Waals surface area contributed by atoms with E-state index in [9.17, 15) is 0 Å². The highest BCUT2D eigenvalue weighted by atomic mass is 14.8. The maximum absolute atomic E-state index is 3.24. The van der Waals surface area contributed by atoms with Crippen LogP contribution in [0.4, 0.5) is 0 Å². The molecular weight excluding hydrogens is 160 g/mol. The van der Waals surface area contributed by atoms with Gasteiger partial charge in [-0.2, -0.15) is 0 Å². The number of rotatable bonds is 6. The van der Waals surface area contributed by atoms with Gasteiger partial charge in [0.05, 0.1) is 0 Å². The highest BCUT2D eigenvalue weighted by Gasteiger charge is 2.23.